The van der Waals surface area contributed by atoms with Gasteiger partial charge in [-0.2, -0.15) is 0 Å². The number of aromatic nitrogens is 2. The third-order valence-electron chi connectivity index (χ3n) is 5.63. The number of imidazole rings is 1. The summed E-state index contributed by atoms with van der Waals surface area (Å²) in [5.41, 5.74) is 7.21. The zero-order chi connectivity index (χ0) is 21.4. The molecule has 0 saturated carbocycles. The van der Waals surface area contributed by atoms with Gasteiger partial charge in [0.2, 0.25) is 0 Å². The van der Waals surface area contributed by atoms with Crippen LogP contribution in [-0.2, 0) is 6.42 Å². The average molecular weight is 400 g/mol. The summed E-state index contributed by atoms with van der Waals surface area (Å²) >= 11 is 0. The summed E-state index contributed by atoms with van der Waals surface area (Å²) < 4.78 is 2.03. The van der Waals surface area contributed by atoms with Crippen LogP contribution in [0.25, 0.3) is 16.8 Å². The number of hydrogen-bond acceptors (Lipinski definition) is 3. The first kappa shape index (κ1) is 19.9. The number of carbonyl (C=O) groups is 1. The lowest BCUT2D eigenvalue weighted by Gasteiger charge is -2.16. The van der Waals surface area contributed by atoms with Crippen LogP contribution < -0.4 is 0 Å². The van der Waals surface area contributed by atoms with Gasteiger partial charge in [0.15, 0.2) is 0 Å². The molecule has 0 radical (unpaired) electrons. The molecule has 0 aliphatic heterocycles. The van der Waals surface area contributed by atoms with E-state index in [-0.39, 0.29) is 5.56 Å². The largest absolute Gasteiger partial charge is 0.478 e. The Morgan fingerprint density at radius 1 is 1.03 bits per heavy atom. The quantitative estimate of drug-likeness (QED) is 0.496. The van der Waals surface area contributed by atoms with Crippen LogP contribution in [0, 0.1) is 13.8 Å². The molecule has 2 heterocycles. The fraction of sp³-hybridized carbons (Fsp3) is 0.200. The van der Waals surface area contributed by atoms with Crippen molar-refractivity contribution in [2.45, 2.75) is 33.3 Å². The van der Waals surface area contributed by atoms with Crippen LogP contribution in [0.3, 0.4) is 0 Å². The van der Waals surface area contributed by atoms with Gasteiger partial charge in [0, 0.05) is 5.69 Å². The predicted molar refractivity (Wildman–Crippen MR) is 117 cm³/mol. The Labute approximate surface area is 175 Å². The molecule has 0 bridgehead atoms. The summed E-state index contributed by atoms with van der Waals surface area (Å²) in [5.74, 6) is -0.959. The molecule has 1 unspecified atom stereocenters. The Hall–Kier alpha value is -3.44. The highest BCUT2D eigenvalue weighted by Crippen LogP contribution is 2.30. The molecule has 0 spiro atoms. The van der Waals surface area contributed by atoms with E-state index >= 15 is 0 Å². The van der Waals surface area contributed by atoms with Crippen LogP contribution in [0.5, 0.6) is 0 Å². The highest BCUT2D eigenvalue weighted by atomic mass is 16.4. The zero-order valence-corrected chi connectivity index (χ0v) is 17.3. The number of fused-ring (bicyclic) bond motifs is 1. The van der Waals surface area contributed by atoms with Crippen molar-refractivity contribution < 1.29 is 15.0 Å². The fourth-order valence-electron chi connectivity index (χ4n) is 3.97. The molecule has 30 heavy (non-hydrogen) atoms. The third-order valence-corrected chi connectivity index (χ3v) is 5.63. The minimum Gasteiger partial charge on any atom is -0.478 e. The molecule has 0 aliphatic carbocycles. The molecular formula is C25H24N2O3. The van der Waals surface area contributed by atoms with Gasteiger partial charge in [-0.25, -0.2) is 9.78 Å². The van der Waals surface area contributed by atoms with Crippen molar-refractivity contribution in [2.75, 3.05) is 0 Å². The van der Waals surface area contributed by atoms with Crippen molar-refractivity contribution >= 4 is 11.6 Å². The van der Waals surface area contributed by atoms with E-state index in [4.69, 9.17) is 4.98 Å². The predicted octanol–water partition coefficient (Wildman–Crippen LogP) is 4.96. The molecule has 2 N–H and O–H groups in total. The van der Waals surface area contributed by atoms with Crippen LogP contribution in [0.4, 0.5) is 0 Å². The maximum absolute atomic E-state index is 11.5. The zero-order valence-electron chi connectivity index (χ0n) is 17.3. The first-order valence-corrected chi connectivity index (χ1v) is 10.0. The second kappa shape index (κ2) is 7.76. The van der Waals surface area contributed by atoms with Crippen LogP contribution in [0.2, 0.25) is 0 Å². The third kappa shape index (κ3) is 3.27. The summed E-state index contributed by atoms with van der Waals surface area (Å²) in [5, 5.41) is 20.6. The first-order chi connectivity index (χ1) is 14.4. The Morgan fingerprint density at radius 3 is 2.40 bits per heavy atom. The van der Waals surface area contributed by atoms with Gasteiger partial charge in [-0.1, -0.05) is 55.5 Å². The number of nitrogens with zero attached hydrogens (tertiary/aromatic N) is 2. The van der Waals surface area contributed by atoms with Crippen molar-refractivity contribution in [3.63, 3.8) is 0 Å². The standard InChI is InChI=1S/C25H24N2O3/c1-4-21-16(3)27-22(14-9-15(2)24(27)26-21)23(28)18-12-10-17(11-13-18)19-7-5-6-8-20(19)25(29)30/h5-14,23,28H,4H2,1-3H3,(H,29,30). The van der Waals surface area contributed by atoms with Gasteiger partial charge in [0.25, 0.3) is 0 Å². The number of hydrogen-bond donors (Lipinski definition) is 2. The molecule has 4 rings (SSSR count). The van der Waals surface area contributed by atoms with Gasteiger partial charge in [0.05, 0.1) is 17.0 Å². The van der Waals surface area contributed by atoms with Crippen molar-refractivity contribution in [1.82, 2.24) is 9.38 Å². The average Bonchev–Trinajstić information content (AvgIpc) is 3.11. The van der Waals surface area contributed by atoms with E-state index < -0.39 is 12.1 Å². The number of aliphatic hydroxyl groups excluding tert-OH is 1. The lowest BCUT2D eigenvalue weighted by molar-refractivity contribution is 0.0697. The van der Waals surface area contributed by atoms with Crippen molar-refractivity contribution in [3.05, 3.63) is 94.4 Å². The monoisotopic (exact) mass is 400 g/mol. The summed E-state index contributed by atoms with van der Waals surface area (Å²) in [7, 11) is 0. The van der Waals surface area contributed by atoms with E-state index in [0.717, 1.165) is 45.8 Å². The number of pyridine rings is 1. The molecule has 2 aromatic heterocycles. The lowest BCUT2D eigenvalue weighted by Crippen LogP contribution is -2.08. The molecule has 0 fully saturated rings. The van der Waals surface area contributed by atoms with Gasteiger partial charge in [-0.05, 0) is 54.7 Å². The van der Waals surface area contributed by atoms with Crippen molar-refractivity contribution in [1.29, 1.82) is 0 Å². The molecule has 5 heteroatoms. The Bertz CT molecular complexity index is 1240. The molecule has 2 aromatic carbocycles. The molecule has 0 saturated heterocycles. The summed E-state index contributed by atoms with van der Waals surface area (Å²) in [6, 6.07) is 18.2. The maximum atomic E-state index is 11.5. The smallest absolute Gasteiger partial charge is 0.336 e. The van der Waals surface area contributed by atoms with Crippen molar-refractivity contribution in [2.24, 2.45) is 0 Å². The van der Waals surface area contributed by atoms with E-state index in [9.17, 15) is 15.0 Å². The van der Waals surface area contributed by atoms with E-state index in [1.165, 1.54) is 0 Å². The second-order valence-electron chi connectivity index (χ2n) is 7.47. The van der Waals surface area contributed by atoms with E-state index in [1.807, 2.05) is 60.7 Å². The fourth-order valence-corrected chi connectivity index (χ4v) is 3.97. The second-order valence-corrected chi connectivity index (χ2v) is 7.47. The van der Waals surface area contributed by atoms with Gasteiger partial charge in [-0.15, -0.1) is 0 Å². The summed E-state index contributed by atoms with van der Waals surface area (Å²) in [4.78, 5) is 16.3. The van der Waals surface area contributed by atoms with E-state index in [2.05, 4.69) is 6.92 Å². The molecule has 152 valence electrons. The topological polar surface area (TPSA) is 74.8 Å². The van der Waals surface area contributed by atoms with Gasteiger partial charge in [0.1, 0.15) is 11.8 Å². The number of carboxylic acid groups (broad SMARTS) is 1. The Morgan fingerprint density at radius 2 is 1.73 bits per heavy atom. The lowest BCUT2D eigenvalue weighted by atomic mass is 9.97. The maximum Gasteiger partial charge on any atom is 0.336 e. The van der Waals surface area contributed by atoms with Gasteiger partial charge >= 0.3 is 5.97 Å². The number of aromatic carboxylic acids is 1. The van der Waals surface area contributed by atoms with Crippen LogP contribution in [-0.4, -0.2) is 25.6 Å². The highest BCUT2D eigenvalue weighted by Gasteiger charge is 2.19. The number of benzene rings is 2. The minimum atomic E-state index is -0.959. The molecule has 0 amide bonds. The van der Waals surface area contributed by atoms with Crippen molar-refractivity contribution in [3.8, 4) is 11.1 Å². The van der Waals surface area contributed by atoms with Crippen LogP contribution in [0.1, 0.15) is 51.6 Å². The van der Waals surface area contributed by atoms with Gasteiger partial charge < -0.3 is 10.2 Å². The first-order valence-electron chi connectivity index (χ1n) is 10.0. The van der Waals surface area contributed by atoms with E-state index in [0.29, 0.717) is 5.56 Å². The molecule has 1 atom stereocenters. The normalized spacial score (nSPS) is 12.3. The van der Waals surface area contributed by atoms with E-state index in [1.54, 1.807) is 18.2 Å². The number of rotatable bonds is 5. The van der Waals surface area contributed by atoms with Crippen LogP contribution in [0.15, 0.2) is 60.7 Å². The Balaban J connectivity index is 1.76. The number of aryl methyl sites for hydroxylation is 3. The minimum absolute atomic E-state index is 0.257. The molecular weight excluding hydrogens is 376 g/mol. The van der Waals surface area contributed by atoms with Crippen LogP contribution >= 0.6 is 0 Å². The summed E-state index contributed by atoms with van der Waals surface area (Å²) in [6.07, 6.45) is 0.00894. The van der Waals surface area contributed by atoms with Gasteiger partial charge in [-0.3, -0.25) is 4.40 Å². The highest BCUT2D eigenvalue weighted by molar-refractivity contribution is 5.96. The SMILES string of the molecule is CCc1nc2c(C)ccc(C(O)c3ccc(-c4ccccc4C(=O)O)cc3)n2c1C. The Kier molecular flexibility index (Phi) is 5.14. The molecule has 5 nitrogen and oxygen atoms in total. The molecule has 4 aromatic rings. The number of aliphatic hydroxyl groups is 1. The summed E-state index contributed by atoms with van der Waals surface area (Å²) in [6.45, 7) is 6.13. The number of carboxylic acids is 1. The molecule has 0 aliphatic rings.